The van der Waals surface area contributed by atoms with Crippen molar-refractivity contribution in [3.05, 3.63) is 94.0 Å². The minimum absolute atomic E-state index is 0.194. The number of anilines is 2. The molecule has 4 amide bonds. The number of nitrogens with two attached hydrogens (primary N) is 1. The summed E-state index contributed by atoms with van der Waals surface area (Å²) in [5.74, 6) is -1.78. The van der Waals surface area contributed by atoms with E-state index in [0.29, 0.717) is 16.9 Å². The fourth-order valence-electron chi connectivity index (χ4n) is 3.71. The number of nitrogens with zero attached hydrogens (tertiary/aromatic N) is 2. The second-order valence-electron chi connectivity index (χ2n) is 7.77. The molecule has 0 radical (unpaired) electrons. The quantitative estimate of drug-likeness (QED) is 0.644. The molecule has 1 aliphatic rings. The number of benzene rings is 3. The zero-order chi connectivity index (χ0) is 23.2. The SMILES string of the molecule is Cc1ccc(C)c(N2C(=O)c3ccc(C(=O)N(C)c4ccc(C(N)=O)cc4)cc3C2=O)c1. The molecule has 160 valence electrons. The molecule has 3 aromatic carbocycles. The molecule has 0 saturated carbocycles. The smallest absolute Gasteiger partial charge is 0.266 e. The summed E-state index contributed by atoms with van der Waals surface area (Å²) in [6, 6.07) is 16.4. The molecular formula is C25H21N3O4. The van der Waals surface area contributed by atoms with Gasteiger partial charge >= 0.3 is 0 Å². The summed E-state index contributed by atoms with van der Waals surface area (Å²) in [6.07, 6.45) is 0. The molecule has 7 nitrogen and oxygen atoms in total. The van der Waals surface area contributed by atoms with Crippen LogP contribution in [0.25, 0.3) is 0 Å². The predicted octanol–water partition coefficient (Wildman–Crippen LogP) is 3.48. The van der Waals surface area contributed by atoms with Gasteiger partial charge in [0.2, 0.25) is 5.91 Å². The van der Waals surface area contributed by atoms with Crippen LogP contribution in [0.15, 0.2) is 60.7 Å². The van der Waals surface area contributed by atoms with Crippen molar-refractivity contribution in [2.75, 3.05) is 16.8 Å². The van der Waals surface area contributed by atoms with E-state index < -0.39 is 17.7 Å². The van der Waals surface area contributed by atoms with E-state index in [1.807, 2.05) is 26.0 Å². The van der Waals surface area contributed by atoms with Gasteiger partial charge in [0.25, 0.3) is 17.7 Å². The largest absolute Gasteiger partial charge is 0.366 e. The van der Waals surface area contributed by atoms with Crippen molar-refractivity contribution in [3.63, 3.8) is 0 Å². The summed E-state index contributed by atoms with van der Waals surface area (Å²) in [5.41, 5.74) is 9.15. The zero-order valence-corrected chi connectivity index (χ0v) is 17.9. The van der Waals surface area contributed by atoms with E-state index in [-0.39, 0.29) is 22.6 Å². The van der Waals surface area contributed by atoms with Crippen LogP contribution in [0.4, 0.5) is 11.4 Å². The van der Waals surface area contributed by atoms with Crippen LogP contribution >= 0.6 is 0 Å². The van der Waals surface area contributed by atoms with Gasteiger partial charge in [-0.15, -0.1) is 0 Å². The molecule has 0 spiro atoms. The van der Waals surface area contributed by atoms with Crippen LogP contribution in [-0.4, -0.2) is 30.7 Å². The third-order valence-corrected chi connectivity index (χ3v) is 5.58. The van der Waals surface area contributed by atoms with Gasteiger partial charge in [-0.25, -0.2) is 4.90 Å². The molecule has 32 heavy (non-hydrogen) atoms. The van der Waals surface area contributed by atoms with Crippen molar-refractivity contribution in [1.82, 2.24) is 0 Å². The normalized spacial score (nSPS) is 12.7. The van der Waals surface area contributed by atoms with Crippen LogP contribution in [-0.2, 0) is 0 Å². The van der Waals surface area contributed by atoms with Crippen LogP contribution in [0.1, 0.15) is 52.6 Å². The van der Waals surface area contributed by atoms with Crippen molar-refractivity contribution in [2.24, 2.45) is 5.73 Å². The Morgan fingerprint density at radius 3 is 2.09 bits per heavy atom. The third kappa shape index (κ3) is 3.43. The highest BCUT2D eigenvalue weighted by Gasteiger charge is 2.38. The number of rotatable bonds is 4. The van der Waals surface area contributed by atoms with Crippen molar-refractivity contribution in [3.8, 4) is 0 Å². The van der Waals surface area contributed by atoms with E-state index in [1.165, 1.54) is 35.2 Å². The first-order valence-electron chi connectivity index (χ1n) is 9.97. The second kappa shape index (κ2) is 7.77. The Hall–Kier alpha value is -4.26. The van der Waals surface area contributed by atoms with Gasteiger partial charge in [-0.3, -0.25) is 19.2 Å². The summed E-state index contributed by atoms with van der Waals surface area (Å²) in [6.45, 7) is 3.73. The summed E-state index contributed by atoms with van der Waals surface area (Å²) < 4.78 is 0. The highest BCUT2D eigenvalue weighted by molar-refractivity contribution is 6.35. The minimum Gasteiger partial charge on any atom is -0.366 e. The Kier molecular flexibility index (Phi) is 5.10. The number of hydrogen-bond donors (Lipinski definition) is 1. The maximum absolute atomic E-state index is 13.1. The second-order valence-corrected chi connectivity index (χ2v) is 7.77. The number of carbonyl (C=O) groups is 4. The Bertz CT molecular complexity index is 1300. The van der Waals surface area contributed by atoms with Crippen LogP contribution in [0.5, 0.6) is 0 Å². The highest BCUT2D eigenvalue weighted by atomic mass is 16.2. The average molecular weight is 427 g/mol. The van der Waals surface area contributed by atoms with Crippen LogP contribution in [0, 0.1) is 13.8 Å². The monoisotopic (exact) mass is 427 g/mol. The molecule has 3 aromatic rings. The maximum Gasteiger partial charge on any atom is 0.266 e. The fourth-order valence-corrected chi connectivity index (χ4v) is 3.71. The summed E-state index contributed by atoms with van der Waals surface area (Å²) >= 11 is 0. The molecule has 4 rings (SSSR count). The molecule has 0 bridgehead atoms. The third-order valence-electron chi connectivity index (χ3n) is 5.58. The number of aryl methyl sites for hydroxylation is 2. The molecule has 0 aliphatic carbocycles. The predicted molar refractivity (Wildman–Crippen MR) is 121 cm³/mol. The molecular weight excluding hydrogens is 406 g/mol. The fraction of sp³-hybridized carbons (Fsp3) is 0.120. The highest BCUT2D eigenvalue weighted by Crippen LogP contribution is 2.32. The topological polar surface area (TPSA) is 101 Å². The lowest BCUT2D eigenvalue weighted by molar-refractivity contribution is 0.0923. The first-order chi connectivity index (χ1) is 15.2. The van der Waals surface area contributed by atoms with Crippen molar-refractivity contribution >= 4 is 35.0 Å². The summed E-state index contributed by atoms with van der Waals surface area (Å²) in [4.78, 5) is 52.9. The lowest BCUT2D eigenvalue weighted by Crippen LogP contribution is -2.30. The van der Waals surface area contributed by atoms with Gasteiger partial charge in [0.1, 0.15) is 0 Å². The lowest BCUT2D eigenvalue weighted by atomic mass is 10.0. The summed E-state index contributed by atoms with van der Waals surface area (Å²) in [5, 5.41) is 0. The van der Waals surface area contributed by atoms with Gasteiger partial charge < -0.3 is 10.6 Å². The average Bonchev–Trinajstić information content (AvgIpc) is 3.04. The van der Waals surface area contributed by atoms with Crippen LogP contribution in [0.2, 0.25) is 0 Å². The Balaban J connectivity index is 1.65. The van der Waals surface area contributed by atoms with Gasteiger partial charge in [-0.1, -0.05) is 12.1 Å². The molecule has 7 heteroatoms. The van der Waals surface area contributed by atoms with Crippen molar-refractivity contribution in [2.45, 2.75) is 13.8 Å². The maximum atomic E-state index is 13.1. The Morgan fingerprint density at radius 2 is 1.44 bits per heavy atom. The molecule has 0 aromatic heterocycles. The van der Waals surface area contributed by atoms with Gasteiger partial charge in [-0.05, 0) is 73.5 Å². The molecule has 1 aliphatic heterocycles. The molecule has 0 saturated heterocycles. The van der Waals surface area contributed by atoms with Gasteiger partial charge in [0.05, 0.1) is 16.8 Å². The van der Waals surface area contributed by atoms with Gasteiger partial charge in [-0.2, -0.15) is 0 Å². The molecule has 0 fully saturated rings. The lowest BCUT2D eigenvalue weighted by Gasteiger charge is -2.18. The molecule has 2 N–H and O–H groups in total. The zero-order valence-electron chi connectivity index (χ0n) is 17.9. The number of hydrogen-bond acceptors (Lipinski definition) is 4. The van der Waals surface area contributed by atoms with E-state index >= 15 is 0 Å². The number of primary amides is 1. The minimum atomic E-state index is -0.555. The number of carbonyl (C=O) groups excluding carboxylic acids is 4. The number of imide groups is 1. The van der Waals surface area contributed by atoms with Crippen LogP contribution in [0.3, 0.4) is 0 Å². The van der Waals surface area contributed by atoms with E-state index in [0.717, 1.165) is 16.0 Å². The van der Waals surface area contributed by atoms with Gasteiger partial charge in [0.15, 0.2) is 0 Å². The van der Waals surface area contributed by atoms with E-state index in [9.17, 15) is 19.2 Å². The number of fused-ring (bicyclic) bond motifs is 1. The first-order valence-corrected chi connectivity index (χ1v) is 9.97. The molecule has 0 atom stereocenters. The van der Waals surface area contributed by atoms with Gasteiger partial charge in [0, 0.05) is 23.9 Å². The first kappa shape index (κ1) is 21.0. The van der Waals surface area contributed by atoms with Crippen molar-refractivity contribution < 1.29 is 19.2 Å². The Labute approximate surface area is 185 Å². The van der Waals surface area contributed by atoms with E-state index in [4.69, 9.17) is 5.73 Å². The van der Waals surface area contributed by atoms with E-state index in [2.05, 4.69) is 0 Å². The molecule has 1 heterocycles. The standard InChI is InChI=1S/C25H21N3O4/c1-14-4-5-15(2)21(12-14)28-24(31)19-11-8-17(13-20(19)25(28)32)23(30)27(3)18-9-6-16(7-10-18)22(26)29/h4-13H,1-3H3,(H2,26,29). The Morgan fingerprint density at radius 1 is 0.812 bits per heavy atom. The van der Waals surface area contributed by atoms with Crippen LogP contribution < -0.4 is 15.5 Å². The van der Waals surface area contributed by atoms with Crippen molar-refractivity contribution in [1.29, 1.82) is 0 Å². The summed E-state index contributed by atoms with van der Waals surface area (Å²) in [7, 11) is 1.59. The molecule has 0 unspecified atom stereocenters. The number of amides is 4. The van der Waals surface area contributed by atoms with E-state index in [1.54, 1.807) is 25.2 Å².